The number of hydrogen-bond acceptors (Lipinski definition) is 8. The minimum Gasteiger partial charge on any atom is -0.368 e. The Balaban J connectivity index is 2.47. The number of amides is 1. The largest absolute Gasteiger partial charge is 0.493 e. The van der Waals surface area contributed by atoms with Gasteiger partial charge in [-0.3, -0.25) is 24.6 Å². The molecule has 1 aromatic heterocycles. The van der Waals surface area contributed by atoms with Crippen LogP contribution in [-0.4, -0.2) is 50.3 Å². The van der Waals surface area contributed by atoms with E-state index in [1.54, 1.807) is 0 Å². The van der Waals surface area contributed by atoms with Gasteiger partial charge in [-0.2, -0.15) is 26.3 Å². The molecular weight excluding hydrogens is 582 g/mol. The van der Waals surface area contributed by atoms with E-state index in [0.29, 0.717) is 18.2 Å². The number of nitrogens with zero attached hydrogens (tertiary/aromatic N) is 1. The lowest BCUT2D eigenvalue weighted by atomic mass is 10.1. The van der Waals surface area contributed by atoms with Crippen LogP contribution in [0.15, 0.2) is 46.1 Å². The quantitative estimate of drug-likeness (QED) is 0.0860. The van der Waals surface area contributed by atoms with Crippen molar-refractivity contribution in [3.8, 4) is 0 Å². The Morgan fingerprint density at radius 1 is 1.10 bits per heavy atom. The van der Waals surface area contributed by atoms with Crippen LogP contribution in [0.1, 0.15) is 24.1 Å². The monoisotopic (exact) mass is 602 g/mol. The van der Waals surface area contributed by atoms with Crippen molar-refractivity contribution in [3.63, 3.8) is 0 Å². The van der Waals surface area contributed by atoms with Gasteiger partial charge in [0.25, 0.3) is 10.0 Å². The number of alkyl halides is 6. The molecular formula is C20H20F6N6O7S. The molecule has 2 aromatic rings. The Kier molecular flexibility index (Phi) is 9.76. The van der Waals surface area contributed by atoms with Crippen molar-refractivity contribution in [3.05, 3.63) is 58.0 Å². The number of nitrogens with two attached hydrogens (primary N) is 1. The summed E-state index contributed by atoms with van der Waals surface area (Å²) >= 11 is 0. The molecule has 1 heterocycles. The second-order valence-electron chi connectivity index (χ2n) is 7.62. The molecule has 1 atom stereocenters. The van der Waals surface area contributed by atoms with Gasteiger partial charge in [0.2, 0.25) is 11.9 Å². The second kappa shape index (κ2) is 12.2. The number of guanidine groups is 1. The first-order valence-corrected chi connectivity index (χ1v) is 12.1. The van der Waals surface area contributed by atoms with Gasteiger partial charge in [0, 0.05) is 6.54 Å². The van der Waals surface area contributed by atoms with Crippen LogP contribution in [-0.2, 0) is 30.6 Å². The van der Waals surface area contributed by atoms with Gasteiger partial charge in [-0.25, -0.2) is 18.7 Å². The maximum atomic E-state index is 13.3. The van der Waals surface area contributed by atoms with Crippen LogP contribution in [0.5, 0.6) is 0 Å². The topological polar surface area (TPSA) is 195 Å². The van der Waals surface area contributed by atoms with E-state index in [4.69, 9.17) is 16.0 Å². The van der Waals surface area contributed by atoms with Crippen LogP contribution >= 0.6 is 0 Å². The maximum absolute atomic E-state index is 13.3. The van der Waals surface area contributed by atoms with E-state index >= 15 is 0 Å². The predicted octanol–water partition coefficient (Wildman–Crippen LogP) is 0.820. The first kappa shape index (κ1) is 31.9. The lowest BCUT2D eigenvalue weighted by molar-refractivity contribution is -0.200. The molecule has 0 aliphatic carbocycles. The number of benzene rings is 1. The SMILES string of the molecule is CC(C(=O)NCCONC(=N)N)c1ccc(NS(=O)(=O)c2ccccc2C(F)(F)F)c(=O)n1OC(=O)C(F)(F)F. The Morgan fingerprint density at radius 3 is 2.30 bits per heavy atom. The number of hydrogen-bond donors (Lipinski definition) is 5. The summed E-state index contributed by atoms with van der Waals surface area (Å²) in [6.07, 6.45) is -10.8. The highest BCUT2D eigenvalue weighted by Crippen LogP contribution is 2.34. The molecule has 20 heteroatoms. The zero-order valence-corrected chi connectivity index (χ0v) is 20.8. The summed E-state index contributed by atoms with van der Waals surface area (Å²) in [4.78, 5) is 44.3. The van der Waals surface area contributed by atoms with E-state index in [2.05, 4.69) is 10.2 Å². The molecule has 220 valence electrons. The van der Waals surface area contributed by atoms with Gasteiger partial charge in [0.1, 0.15) is 5.69 Å². The van der Waals surface area contributed by atoms with Crippen molar-refractivity contribution in [2.45, 2.75) is 30.1 Å². The molecule has 0 aliphatic rings. The highest BCUT2D eigenvalue weighted by Gasteiger charge is 2.43. The summed E-state index contributed by atoms with van der Waals surface area (Å²) < 4.78 is 105. The third-order valence-electron chi connectivity index (χ3n) is 4.72. The number of aromatic nitrogens is 1. The van der Waals surface area contributed by atoms with Crippen molar-refractivity contribution in [1.82, 2.24) is 15.5 Å². The highest BCUT2D eigenvalue weighted by atomic mass is 32.2. The van der Waals surface area contributed by atoms with Crippen molar-refractivity contribution in [1.29, 1.82) is 5.41 Å². The number of anilines is 1. The van der Waals surface area contributed by atoms with E-state index in [1.807, 2.05) is 5.48 Å². The van der Waals surface area contributed by atoms with E-state index in [1.165, 1.54) is 4.72 Å². The number of rotatable bonds is 10. The molecule has 0 saturated heterocycles. The summed E-state index contributed by atoms with van der Waals surface area (Å²) in [6.45, 7) is 0.612. The third kappa shape index (κ3) is 8.09. The number of carbonyl (C=O) groups excluding carboxylic acids is 2. The highest BCUT2D eigenvalue weighted by molar-refractivity contribution is 7.92. The zero-order valence-electron chi connectivity index (χ0n) is 20.0. The Labute approximate surface area is 220 Å². The molecule has 0 spiro atoms. The average molecular weight is 602 g/mol. The Bertz CT molecular complexity index is 1440. The molecule has 0 aliphatic heterocycles. The van der Waals surface area contributed by atoms with Crippen molar-refractivity contribution >= 4 is 33.5 Å². The molecule has 6 N–H and O–H groups in total. The van der Waals surface area contributed by atoms with E-state index in [9.17, 15) is 49.1 Å². The molecule has 2 rings (SSSR count). The van der Waals surface area contributed by atoms with Crippen LogP contribution in [0.2, 0.25) is 0 Å². The lowest BCUT2D eigenvalue weighted by Gasteiger charge is -2.19. The number of sulfonamides is 1. The van der Waals surface area contributed by atoms with Gasteiger partial charge in [-0.1, -0.05) is 12.1 Å². The van der Waals surface area contributed by atoms with Crippen LogP contribution in [0.25, 0.3) is 0 Å². The van der Waals surface area contributed by atoms with Gasteiger partial charge < -0.3 is 15.9 Å². The van der Waals surface area contributed by atoms with Crippen LogP contribution in [0, 0.1) is 5.41 Å². The minimum absolute atomic E-state index is 0.230. The number of carbonyl (C=O) groups is 2. The molecule has 1 unspecified atom stereocenters. The Hall–Kier alpha value is -4.33. The Morgan fingerprint density at radius 2 is 1.73 bits per heavy atom. The smallest absolute Gasteiger partial charge is 0.368 e. The van der Waals surface area contributed by atoms with E-state index in [0.717, 1.165) is 25.1 Å². The van der Waals surface area contributed by atoms with Gasteiger partial charge in [0.15, 0.2) is 0 Å². The maximum Gasteiger partial charge on any atom is 0.493 e. The van der Waals surface area contributed by atoms with Gasteiger partial charge >= 0.3 is 23.9 Å². The fourth-order valence-electron chi connectivity index (χ4n) is 2.94. The van der Waals surface area contributed by atoms with E-state index < -0.39 is 73.5 Å². The molecule has 0 saturated carbocycles. The summed E-state index contributed by atoms with van der Waals surface area (Å²) in [5.41, 5.74) is 1.82. The van der Waals surface area contributed by atoms with Crippen molar-refractivity contribution < 1.29 is 54.0 Å². The summed E-state index contributed by atoms with van der Waals surface area (Å²) in [7, 11) is -5.17. The normalized spacial score (nSPS) is 12.8. The lowest BCUT2D eigenvalue weighted by Crippen LogP contribution is -2.42. The fourth-order valence-corrected chi connectivity index (χ4v) is 4.22. The van der Waals surface area contributed by atoms with E-state index in [-0.39, 0.29) is 17.9 Å². The van der Waals surface area contributed by atoms with Crippen LogP contribution in [0.3, 0.4) is 0 Å². The minimum atomic E-state index is -5.63. The molecule has 0 fully saturated rings. The predicted molar refractivity (Wildman–Crippen MR) is 123 cm³/mol. The molecule has 1 amide bonds. The number of hydroxylamine groups is 1. The van der Waals surface area contributed by atoms with Gasteiger partial charge in [-0.05, 0) is 31.2 Å². The zero-order chi connectivity index (χ0) is 30.5. The van der Waals surface area contributed by atoms with Gasteiger partial charge in [-0.15, -0.1) is 4.73 Å². The molecule has 40 heavy (non-hydrogen) atoms. The first-order valence-electron chi connectivity index (χ1n) is 10.6. The third-order valence-corrected chi connectivity index (χ3v) is 6.15. The molecule has 0 radical (unpaired) electrons. The standard InChI is InChI=1S/C20H20F6N6O7S/c1-10(15(33)29-8-9-38-30-18(27)28)13-7-6-12(16(34)32(13)39-17(35)20(24,25)26)31-40(36,37)14-5-3-2-4-11(14)19(21,22)23/h2-7,10,31H,8-9H2,1H3,(H,29,33)(H4,27,28,30). The number of pyridine rings is 1. The van der Waals surface area contributed by atoms with Crippen molar-refractivity contribution in [2.24, 2.45) is 5.73 Å². The molecule has 13 nitrogen and oxygen atoms in total. The van der Waals surface area contributed by atoms with Crippen LogP contribution < -0.4 is 31.6 Å². The number of halogens is 6. The average Bonchev–Trinajstić information content (AvgIpc) is 2.84. The van der Waals surface area contributed by atoms with Crippen LogP contribution in [0.4, 0.5) is 32.0 Å². The molecule has 1 aromatic carbocycles. The summed E-state index contributed by atoms with van der Waals surface area (Å²) in [5.74, 6) is -5.91. The first-order chi connectivity index (χ1) is 18.4. The summed E-state index contributed by atoms with van der Waals surface area (Å²) in [5, 5.41) is 9.17. The fraction of sp³-hybridized carbons (Fsp3) is 0.300. The molecule has 0 bridgehead atoms. The van der Waals surface area contributed by atoms with Gasteiger partial charge in [0.05, 0.1) is 28.7 Å². The summed E-state index contributed by atoms with van der Waals surface area (Å²) in [6, 6.07) is 4.28. The number of nitrogens with one attached hydrogen (secondary N) is 4. The second-order valence-corrected chi connectivity index (χ2v) is 9.28. The van der Waals surface area contributed by atoms with Crippen molar-refractivity contribution in [2.75, 3.05) is 17.9 Å².